The van der Waals surface area contributed by atoms with E-state index in [9.17, 15) is 0 Å². The largest absolute Gasteiger partial charge is 0.326 e. The van der Waals surface area contributed by atoms with E-state index in [2.05, 4.69) is 19.6 Å². The summed E-state index contributed by atoms with van der Waals surface area (Å²) in [6, 6.07) is 0. The van der Waals surface area contributed by atoms with Crippen molar-refractivity contribution in [1.82, 2.24) is 19.6 Å². The molecule has 6 heteroatoms. The lowest BCUT2D eigenvalue weighted by molar-refractivity contribution is 1.05. The smallest absolute Gasteiger partial charge is 0.130 e. The zero-order valence-corrected chi connectivity index (χ0v) is 8.45. The van der Waals surface area contributed by atoms with Crippen molar-refractivity contribution in [3.05, 3.63) is 23.0 Å². The number of hydrogen-bond acceptors (Lipinski definition) is 6. The van der Waals surface area contributed by atoms with Crippen LogP contribution in [0.5, 0.6) is 0 Å². The average molecular weight is 207 g/mol. The van der Waals surface area contributed by atoms with E-state index >= 15 is 0 Å². The number of rotatable bonds is 2. The van der Waals surface area contributed by atoms with Gasteiger partial charge in [-0.25, -0.2) is 0 Å². The van der Waals surface area contributed by atoms with Gasteiger partial charge >= 0.3 is 0 Å². The summed E-state index contributed by atoms with van der Waals surface area (Å²) in [6.45, 7) is 2.32. The van der Waals surface area contributed by atoms with E-state index in [1.54, 1.807) is 12.4 Å². The van der Waals surface area contributed by atoms with Gasteiger partial charge in [0.1, 0.15) is 11.4 Å². The van der Waals surface area contributed by atoms with E-state index < -0.39 is 0 Å². The van der Waals surface area contributed by atoms with Crippen molar-refractivity contribution in [2.75, 3.05) is 0 Å². The van der Waals surface area contributed by atoms with Gasteiger partial charge in [0, 0.05) is 18.9 Å². The number of hydrogen-bond donors (Lipinski definition) is 1. The highest BCUT2D eigenvalue weighted by molar-refractivity contribution is 7.05. The van der Waals surface area contributed by atoms with Crippen molar-refractivity contribution in [2.24, 2.45) is 5.73 Å². The van der Waals surface area contributed by atoms with Gasteiger partial charge in [-0.15, -0.1) is 5.10 Å². The molecule has 0 saturated carbocycles. The molecule has 2 aromatic heterocycles. The van der Waals surface area contributed by atoms with Crippen molar-refractivity contribution in [3.8, 4) is 11.4 Å². The Balaban J connectivity index is 2.54. The van der Waals surface area contributed by atoms with Crippen molar-refractivity contribution >= 4 is 11.5 Å². The molecule has 2 rings (SSSR count). The Hall–Kier alpha value is -1.40. The van der Waals surface area contributed by atoms with Crippen LogP contribution in [-0.2, 0) is 6.54 Å². The third-order valence-electron chi connectivity index (χ3n) is 1.85. The van der Waals surface area contributed by atoms with Crippen molar-refractivity contribution < 1.29 is 0 Å². The molecule has 5 nitrogen and oxygen atoms in total. The van der Waals surface area contributed by atoms with Gasteiger partial charge in [-0.3, -0.25) is 9.97 Å². The third kappa shape index (κ3) is 1.49. The molecule has 2 heterocycles. The van der Waals surface area contributed by atoms with Crippen LogP contribution >= 0.6 is 11.5 Å². The minimum Gasteiger partial charge on any atom is -0.326 e. The average Bonchev–Trinajstić information content (AvgIpc) is 2.66. The summed E-state index contributed by atoms with van der Waals surface area (Å²) in [4.78, 5) is 9.30. The minimum absolute atomic E-state index is 0.434. The number of nitrogens with two attached hydrogens (primary N) is 1. The molecule has 0 atom stereocenters. The summed E-state index contributed by atoms with van der Waals surface area (Å²) in [7, 11) is 0. The van der Waals surface area contributed by atoms with E-state index in [0.717, 1.165) is 22.0 Å². The molecule has 0 saturated heterocycles. The highest BCUT2D eigenvalue weighted by atomic mass is 32.1. The molecule has 0 unspecified atom stereocenters. The van der Waals surface area contributed by atoms with Gasteiger partial charge in [-0.2, -0.15) is 0 Å². The van der Waals surface area contributed by atoms with Crippen LogP contribution in [0.3, 0.4) is 0 Å². The Kier molecular flexibility index (Phi) is 2.47. The zero-order valence-electron chi connectivity index (χ0n) is 7.64. The highest BCUT2D eigenvalue weighted by Gasteiger charge is 2.12. The molecule has 0 spiro atoms. The second-order valence-corrected chi connectivity index (χ2v) is 3.58. The molecule has 0 aliphatic heterocycles. The summed E-state index contributed by atoms with van der Waals surface area (Å²) in [5.41, 5.74) is 7.93. The Morgan fingerprint density at radius 1 is 1.29 bits per heavy atom. The molecule has 0 amide bonds. The summed E-state index contributed by atoms with van der Waals surface area (Å²) in [6.07, 6.45) is 3.29. The van der Waals surface area contributed by atoms with Crippen molar-refractivity contribution in [3.63, 3.8) is 0 Å². The monoisotopic (exact) mass is 207 g/mol. The van der Waals surface area contributed by atoms with E-state index in [1.165, 1.54) is 11.5 Å². The standard InChI is InChI=1S/C8H9N5S/c1-5-7(11-3-2-10-5)8-6(4-9)14-13-12-8/h2-3H,4,9H2,1H3. The van der Waals surface area contributed by atoms with Gasteiger partial charge in [0.05, 0.1) is 10.6 Å². The van der Waals surface area contributed by atoms with Crippen LogP contribution in [0.15, 0.2) is 12.4 Å². The van der Waals surface area contributed by atoms with E-state index in [0.29, 0.717) is 6.54 Å². The van der Waals surface area contributed by atoms with Crippen LogP contribution in [0, 0.1) is 6.92 Å². The maximum absolute atomic E-state index is 5.56. The van der Waals surface area contributed by atoms with Crippen LogP contribution < -0.4 is 5.73 Å². The van der Waals surface area contributed by atoms with E-state index in [4.69, 9.17) is 5.73 Å². The van der Waals surface area contributed by atoms with E-state index in [-0.39, 0.29) is 0 Å². The zero-order chi connectivity index (χ0) is 9.97. The van der Waals surface area contributed by atoms with E-state index in [1.807, 2.05) is 6.92 Å². The van der Waals surface area contributed by atoms with Gasteiger partial charge in [0.25, 0.3) is 0 Å². The van der Waals surface area contributed by atoms with Gasteiger partial charge in [-0.1, -0.05) is 4.49 Å². The SMILES string of the molecule is Cc1nccnc1-c1nnsc1CN. The summed E-state index contributed by atoms with van der Waals surface area (Å²) >= 11 is 1.30. The molecule has 14 heavy (non-hydrogen) atoms. The first kappa shape index (κ1) is 9.17. The van der Waals surface area contributed by atoms with Crippen LogP contribution in [0.2, 0.25) is 0 Å². The number of aromatic nitrogens is 4. The summed E-state index contributed by atoms with van der Waals surface area (Å²) < 4.78 is 3.85. The topological polar surface area (TPSA) is 77.6 Å². The molecule has 0 fully saturated rings. The van der Waals surface area contributed by atoms with Gasteiger partial charge in [0.15, 0.2) is 0 Å². The third-order valence-corrected chi connectivity index (χ3v) is 2.59. The molecule has 2 aromatic rings. The maximum Gasteiger partial charge on any atom is 0.130 e. The second kappa shape index (κ2) is 3.77. The van der Waals surface area contributed by atoms with Gasteiger partial charge < -0.3 is 5.73 Å². The lowest BCUT2D eigenvalue weighted by atomic mass is 10.2. The fourth-order valence-electron chi connectivity index (χ4n) is 1.16. The quantitative estimate of drug-likeness (QED) is 0.786. The second-order valence-electron chi connectivity index (χ2n) is 2.74. The molecule has 72 valence electrons. The molecule has 0 bridgehead atoms. The Morgan fingerprint density at radius 2 is 2.07 bits per heavy atom. The molecular weight excluding hydrogens is 198 g/mol. The van der Waals surface area contributed by atoms with Crippen molar-refractivity contribution in [1.29, 1.82) is 0 Å². The molecule has 0 aliphatic rings. The van der Waals surface area contributed by atoms with Crippen LogP contribution in [0.1, 0.15) is 10.6 Å². The molecular formula is C8H9N5S. The fraction of sp³-hybridized carbons (Fsp3) is 0.250. The minimum atomic E-state index is 0.434. The van der Waals surface area contributed by atoms with Crippen molar-refractivity contribution in [2.45, 2.75) is 13.5 Å². The fourth-order valence-corrected chi connectivity index (χ4v) is 1.68. The maximum atomic E-state index is 5.56. The number of nitrogens with zero attached hydrogens (tertiary/aromatic N) is 4. The predicted molar refractivity (Wildman–Crippen MR) is 53.6 cm³/mol. The molecule has 2 N–H and O–H groups in total. The Morgan fingerprint density at radius 3 is 2.79 bits per heavy atom. The highest BCUT2D eigenvalue weighted by Crippen LogP contribution is 2.22. The lowest BCUT2D eigenvalue weighted by Crippen LogP contribution is -1.98. The molecule has 0 aliphatic carbocycles. The Bertz CT molecular complexity index is 439. The van der Waals surface area contributed by atoms with Crippen LogP contribution in [0.4, 0.5) is 0 Å². The molecule has 0 radical (unpaired) electrons. The first-order chi connectivity index (χ1) is 6.83. The van der Waals surface area contributed by atoms with Crippen LogP contribution in [0.25, 0.3) is 11.4 Å². The first-order valence-corrected chi connectivity index (χ1v) is 4.89. The van der Waals surface area contributed by atoms with Gasteiger partial charge in [0.2, 0.25) is 0 Å². The first-order valence-electron chi connectivity index (χ1n) is 4.12. The van der Waals surface area contributed by atoms with Gasteiger partial charge in [-0.05, 0) is 18.5 Å². The predicted octanol–water partition coefficient (Wildman–Crippen LogP) is 0.762. The summed E-state index contributed by atoms with van der Waals surface area (Å²) in [5.74, 6) is 0. The Labute approximate surface area is 85.2 Å². The summed E-state index contributed by atoms with van der Waals surface area (Å²) in [5, 5.41) is 4.00. The van der Waals surface area contributed by atoms with Crippen LogP contribution in [-0.4, -0.2) is 19.6 Å². The lowest BCUT2D eigenvalue weighted by Gasteiger charge is -2.00. The normalized spacial score (nSPS) is 10.4. The number of aryl methyl sites for hydroxylation is 1. The molecule has 0 aromatic carbocycles.